The lowest BCUT2D eigenvalue weighted by molar-refractivity contribution is -0.148. The van der Waals surface area contributed by atoms with Crippen LogP contribution in [0.1, 0.15) is 11.1 Å². The van der Waals surface area contributed by atoms with Crippen molar-refractivity contribution in [1.82, 2.24) is 5.43 Å². The van der Waals surface area contributed by atoms with Crippen molar-refractivity contribution in [2.24, 2.45) is 5.84 Å². The van der Waals surface area contributed by atoms with Gasteiger partial charge < -0.3 is 4.74 Å². The lowest BCUT2D eigenvalue weighted by Gasteiger charge is -2.06. The van der Waals surface area contributed by atoms with E-state index in [0.717, 1.165) is 0 Å². The number of nitriles is 2. The van der Waals surface area contributed by atoms with Gasteiger partial charge in [-0.05, 0) is 12.1 Å². The van der Waals surface area contributed by atoms with E-state index in [1.807, 2.05) is 0 Å². The summed E-state index contributed by atoms with van der Waals surface area (Å²) in [6, 6.07) is 7.64. The Morgan fingerprint density at radius 1 is 1.24 bits per heavy atom. The predicted molar refractivity (Wildman–Crippen MR) is 53.8 cm³/mol. The SMILES string of the molecule is N#Cc1cccc(C#N)c1OC(=O)C(=O)NN. The van der Waals surface area contributed by atoms with Crippen molar-refractivity contribution in [1.29, 1.82) is 10.5 Å². The number of nitrogens with one attached hydrogen (secondary N) is 1. The van der Waals surface area contributed by atoms with Crippen LogP contribution in [0.15, 0.2) is 18.2 Å². The second-order valence-corrected chi connectivity index (χ2v) is 2.77. The highest BCUT2D eigenvalue weighted by Gasteiger charge is 2.19. The molecule has 1 rings (SSSR count). The molecule has 0 bridgehead atoms. The second-order valence-electron chi connectivity index (χ2n) is 2.77. The van der Waals surface area contributed by atoms with Gasteiger partial charge in [0, 0.05) is 0 Å². The van der Waals surface area contributed by atoms with Crippen molar-refractivity contribution in [3.05, 3.63) is 29.3 Å². The Morgan fingerprint density at radius 3 is 2.18 bits per heavy atom. The molecule has 0 unspecified atom stereocenters. The number of carbonyl (C=O) groups excluding carboxylic acids is 2. The highest BCUT2D eigenvalue weighted by Crippen LogP contribution is 2.22. The first-order valence-corrected chi connectivity index (χ1v) is 4.30. The van der Waals surface area contributed by atoms with Crippen LogP contribution in [-0.4, -0.2) is 11.9 Å². The Bertz CT molecular complexity index is 521. The van der Waals surface area contributed by atoms with Gasteiger partial charge in [-0.2, -0.15) is 10.5 Å². The molecule has 0 aromatic heterocycles. The Morgan fingerprint density at radius 2 is 1.76 bits per heavy atom. The number of nitrogens with two attached hydrogens (primary N) is 1. The van der Waals surface area contributed by atoms with E-state index in [2.05, 4.69) is 4.74 Å². The first-order chi connectivity index (χ1) is 8.13. The minimum Gasteiger partial charge on any atom is -0.416 e. The van der Waals surface area contributed by atoms with Crippen LogP contribution in [0.4, 0.5) is 0 Å². The molecule has 84 valence electrons. The van der Waals surface area contributed by atoms with Crippen molar-refractivity contribution in [3.8, 4) is 17.9 Å². The van der Waals surface area contributed by atoms with Gasteiger partial charge in [-0.3, -0.25) is 10.2 Å². The topological polar surface area (TPSA) is 129 Å². The summed E-state index contributed by atoms with van der Waals surface area (Å²) in [7, 11) is 0. The number of amides is 1. The van der Waals surface area contributed by atoms with Crippen LogP contribution >= 0.6 is 0 Å². The number of para-hydroxylation sites is 1. The summed E-state index contributed by atoms with van der Waals surface area (Å²) in [6.45, 7) is 0. The fourth-order valence-electron chi connectivity index (χ4n) is 1.02. The van der Waals surface area contributed by atoms with E-state index in [0.29, 0.717) is 0 Å². The maximum absolute atomic E-state index is 11.1. The maximum atomic E-state index is 11.1. The quantitative estimate of drug-likeness (QED) is 0.164. The largest absolute Gasteiger partial charge is 0.416 e. The molecule has 0 saturated heterocycles. The van der Waals surface area contributed by atoms with Crippen molar-refractivity contribution < 1.29 is 14.3 Å². The van der Waals surface area contributed by atoms with E-state index in [1.165, 1.54) is 18.2 Å². The minimum atomic E-state index is -1.30. The van der Waals surface area contributed by atoms with Crippen molar-refractivity contribution in [2.75, 3.05) is 0 Å². The monoisotopic (exact) mass is 230 g/mol. The molecule has 0 saturated carbocycles. The smallest absolute Gasteiger partial charge is 0.403 e. The molecule has 0 aliphatic carbocycles. The van der Waals surface area contributed by atoms with Crippen LogP contribution in [0.5, 0.6) is 5.75 Å². The molecule has 3 N–H and O–H groups in total. The summed E-state index contributed by atoms with van der Waals surface area (Å²) < 4.78 is 4.64. The van der Waals surface area contributed by atoms with Gasteiger partial charge in [0.2, 0.25) is 0 Å². The van der Waals surface area contributed by atoms with Crippen LogP contribution in [0.3, 0.4) is 0 Å². The number of ether oxygens (including phenoxy) is 1. The van der Waals surface area contributed by atoms with Crippen LogP contribution in [0.2, 0.25) is 0 Å². The summed E-state index contributed by atoms with van der Waals surface area (Å²) in [5.41, 5.74) is 1.53. The van der Waals surface area contributed by atoms with Gasteiger partial charge in [0.15, 0.2) is 5.75 Å². The highest BCUT2D eigenvalue weighted by atomic mass is 16.5. The molecule has 0 atom stereocenters. The van der Waals surface area contributed by atoms with E-state index < -0.39 is 11.9 Å². The van der Waals surface area contributed by atoms with Crippen molar-refractivity contribution in [3.63, 3.8) is 0 Å². The fourth-order valence-corrected chi connectivity index (χ4v) is 1.02. The second kappa shape index (κ2) is 5.26. The molecule has 7 heteroatoms. The van der Waals surface area contributed by atoms with Crippen LogP contribution in [-0.2, 0) is 9.59 Å². The number of nitrogens with zero attached hydrogens (tertiary/aromatic N) is 2. The molecule has 7 nitrogen and oxygen atoms in total. The van der Waals surface area contributed by atoms with E-state index in [9.17, 15) is 9.59 Å². The number of hydrazine groups is 1. The Balaban J connectivity index is 3.14. The zero-order chi connectivity index (χ0) is 12.8. The molecule has 1 amide bonds. The molecular weight excluding hydrogens is 224 g/mol. The zero-order valence-corrected chi connectivity index (χ0v) is 8.43. The predicted octanol–water partition coefficient (Wildman–Crippen LogP) is -0.675. The molecule has 17 heavy (non-hydrogen) atoms. The minimum absolute atomic E-state index is 0.0257. The molecule has 0 aliphatic rings. The number of benzene rings is 1. The Hall–Kier alpha value is -2.90. The molecule has 0 aliphatic heterocycles. The number of hydrogen-bond acceptors (Lipinski definition) is 6. The van der Waals surface area contributed by atoms with Gasteiger partial charge in [0.25, 0.3) is 0 Å². The zero-order valence-electron chi connectivity index (χ0n) is 8.43. The van der Waals surface area contributed by atoms with E-state index in [-0.39, 0.29) is 16.9 Å². The summed E-state index contributed by atoms with van der Waals surface area (Å²) >= 11 is 0. The number of hydrogen-bond donors (Lipinski definition) is 2. The van der Waals surface area contributed by atoms with E-state index in [1.54, 1.807) is 17.6 Å². The average Bonchev–Trinajstić information content (AvgIpc) is 2.37. The van der Waals surface area contributed by atoms with E-state index >= 15 is 0 Å². The summed E-state index contributed by atoms with van der Waals surface area (Å²) in [4.78, 5) is 22.0. The average molecular weight is 230 g/mol. The third-order valence-corrected chi connectivity index (χ3v) is 1.77. The van der Waals surface area contributed by atoms with Crippen LogP contribution in [0, 0.1) is 22.7 Å². The molecule has 1 aromatic carbocycles. The summed E-state index contributed by atoms with van der Waals surface area (Å²) in [5, 5.41) is 17.5. The van der Waals surface area contributed by atoms with Gasteiger partial charge in [-0.1, -0.05) is 6.07 Å². The molecule has 0 radical (unpaired) electrons. The normalized spacial score (nSPS) is 8.65. The van der Waals surface area contributed by atoms with Gasteiger partial charge in [-0.25, -0.2) is 10.6 Å². The van der Waals surface area contributed by atoms with Crippen LogP contribution < -0.4 is 16.0 Å². The fraction of sp³-hybridized carbons (Fsp3) is 0. The molecular formula is C10H6N4O3. The highest BCUT2D eigenvalue weighted by molar-refractivity contribution is 6.32. The summed E-state index contributed by atoms with van der Waals surface area (Å²) in [6.07, 6.45) is 0. The van der Waals surface area contributed by atoms with Crippen molar-refractivity contribution in [2.45, 2.75) is 0 Å². The number of carbonyl (C=O) groups is 2. The molecule has 0 heterocycles. The maximum Gasteiger partial charge on any atom is 0.403 e. The van der Waals surface area contributed by atoms with Gasteiger partial charge in [0.05, 0.1) is 11.1 Å². The first-order valence-electron chi connectivity index (χ1n) is 4.30. The first kappa shape index (κ1) is 12.2. The van der Waals surface area contributed by atoms with Crippen LogP contribution in [0.25, 0.3) is 0 Å². The molecule has 1 aromatic rings. The lowest BCUT2D eigenvalue weighted by Crippen LogP contribution is -2.38. The lowest BCUT2D eigenvalue weighted by atomic mass is 10.1. The Labute approximate surface area is 96.0 Å². The van der Waals surface area contributed by atoms with Gasteiger partial charge >= 0.3 is 11.9 Å². The molecule has 0 spiro atoms. The standard InChI is InChI=1S/C10H6N4O3/c11-4-6-2-1-3-7(5-12)8(6)17-10(16)9(15)14-13/h1-3H,13H2,(H,14,15). The van der Waals surface area contributed by atoms with Gasteiger partial charge in [-0.15, -0.1) is 0 Å². The Kier molecular flexibility index (Phi) is 3.76. The third kappa shape index (κ3) is 2.56. The number of rotatable bonds is 1. The molecule has 0 fully saturated rings. The summed E-state index contributed by atoms with van der Waals surface area (Å²) in [5.74, 6) is 2.00. The third-order valence-electron chi connectivity index (χ3n) is 1.77. The van der Waals surface area contributed by atoms with E-state index in [4.69, 9.17) is 16.4 Å². The van der Waals surface area contributed by atoms with Crippen molar-refractivity contribution >= 4 is 11.9 Å². The van der Waals surface area contributed by atoms with Gasteiger partial charge in [0.1, 0.15) is 12.1 Å². The number of esters is 1.